The minimum atomic E-state index is -0.545. The summed E-state index contributed by atoms with van der Waals surface area (Å²) in [4.78, 5) is 25.2. The smallest absolute Gasteiger partial charge is 0.306 e. The van der Waals surface area contributed by atoms with Crippen molar-refractivity contribution in [1.29, 1.82) is 0 Å². The van der Waals surface area contributed by atoms with Gasteiger partial charge in [-0.1, -0.05) is 172 Å². The van der Waals surface area contributed by atoms with Crippen LogP contribution in [0.2, 0.25) is 0 Å². The van der Waals surface area contributed by atoms with Crippen molar-refractivity contribution in [3.8, 4) is 0 Å². The zero-order valence-corrected chi connectivity index (χ0v) is 36.0. The fourth-order valence-corrected chi connectivity index (χ4v) is 6.27. The van der Waals surface area contributed by atoms with E-state index in [2.05, 4.69) is 69.4 Å². The fraction of sp³-hybridized carbons (Fsp3) is 0.796. The van der Waals surface area contributed by atoms with Crippen molar-refractivity contribution in [3.05, 3.63) is 48.6 Å². The van der Waals surface area contributed by atoms with Crippen LogP contribution in [0, 0.1) is 0 Å². The van der Waals surface area contributed by atoms with E-state index in [0.29, 0.717) is 19.4 Å². The van der Waals surface area contributed by atoms with Crippen LogP contribution in [-0.2, 0) is 23.8 Å². The van der Waals surface area contributed by atoms with Gasteiger partial charge < -0.3 is 14.2 Å². The molecule has 0 aliphatic rings. The van der Waals surface area contributed by atoms with Crippen molar-refractivity contribution in [2.75, 3.05) is 19.8 Å². The van der Waals surface area contributed by atoms with Gasteiger partial charge in [0.1, 0.15) is 6.61 Å². The van der Waals surface area contributed by atoms with Gasteiger partial charge in [-0.05, 0) is 89.9 Å². The Labute approximate surface area is 335 Å². The van der Waals surface area contributed by atoms with Gasteiger partial charge in [0, 0.05) is 19.4 Å². The van der Waals surface area contributed by atoms with Gasteiger partial charge in [0.2, 0.25) is 0 Å². The molecule has 0 heterocycles. The van der Waals surface area contributed by atoms with E-state index in [1.165, 1.54) is 122 Å². The van der Waals surface area contributed by atoms with E-state index < -0.39 is 6.10 Å². The Balaban J connectivity index is 4.28. The third kappa shape index (κ3) is 42.6. The molecule has 1 unspecified atom stereocenters. The van der Waals surface area contributed by atoms with Gasteiger partial charge in [0.15, 0.2) is 6.10 Å². The fourth-order valence-electron chi connectivity index (χ4n) is 6.27. The minimum Gasteiger partial charge on any atom is -0.462 e. The summed E-state index contributed by atoms with van der Waals surface area (Å²) in [5.41, 5.74) is 0. The summed E-state index contributed by atoms with van der Waals surface area (Å²) >= 11 is 0. The Hall–Kier alpha value is -2.14. The molecule has 0 N–H and O–H groups in total. The lowest BCUT2D eigenvalue weighted by molar-refractivity contribution is -0.163. The Bertz CT molecular complexity index is 904. The molecule has 5 heteroatoms. The number of hydrogen-bond acceptors (Lipinski definition) is 5. The third-order valence-corrected chi connectivity index (χ3v) is 9.81. The predicted molar refractivity (Wildman–Crippen MR) is 233 cm³/mol. The number of hydrogen-bond donors (Lipinski definition) is 0. The predicted octanol–water partition coefficient (Wildman–Crippen LogP) is 15.2. The molecule has 5 nitrogen and oxygen atoms in total. The molecule has 0 aromatic heterocycles. The Morgan fingerprint density at radius 1 is 0.407 bits per heavy atom. The lowest BCUT2D eigenvalue weighted by Gasteiger charge is -2.18. The van der Waals surface area contributed by atoms with Gasteiger partial charge in [-0.15, -0.1) is 0 Å². The van der Waals surface area contributed by atoms with Crippen LogP contribution < -0.4 is 0 Å². The van der Waals surface area contributed by atoms with Crippen LogP contribution in [0.5, 0.6) is 0 Å². The second kappa shape index (κ2) is 45.3. The minimum absolute atomic E-state index is 0.0729. The molecule has 314 valence electrons. The molecule has 1 atom stereocenters. The highest BCUT2D eigenvalue weighted by Crippen LogP contribution is 2.13. The van der Waals surface area contributed by atoms with E-state index in [0.717, 1.165) is 70.6 Å². The summed E-state index contributed by atoms with van der Waals surface area (Å²) < 4.78 is 17.3. The van der Waals surface area contributed by atoms with E-state index in [1.54, 1.807) is 0 Å². The monoisotopic (exact) mass is 757 g/mol. The highest BCUT2D eigenvalue weighted by molar-refractivity contribution is 5.70. The number of esters is 2. The van der Waals surface area contributed by atoms with Crippen LogP contribution in [0.4, 0.5) is 0 Å². The maximum Gasteiger partial charge on any atom is 0.306 e. The van der Waals surface area contributed by atoms with Crippen molar-refractivity contribution in [3.63, 3.8) is 0 Å². The highest BCUT2D eigenvalue weighted by atomic mass is 16.6. The first-order valence-electron chi connectivity index (χ1n) is 23.2. The quantitative estimate of drug-likeness (QED) is 0.0353. The van der Waals surface area contributed by atoms with Crippen molar-refractivity contribution < 1.29 is 23.8 Å². The van der Waals surface area contributed by atoms with E-state index in [-0.39, 0.29) is 25.2 Å². The first-order chi connectivity index (χ1) is 26.6. The van der Waals surface area contributed by atoms with Crippen LogP contribution in [0.25, 0.3) is 0 Å². The van der Waals surface area contributed by atoms with Crippen LogP contribution in [0.3, 0.4) is 0 Å². The molecular weight excluding hydrogens is 669 g/mol. The van der Waals surface area contributed by atoms with E-state index in [9.17, 15) is 9.59 Å². The van der Waals surface area contributed by atoms with Crippen LogP contribution in [0.1, 0.15) is 226 Å². The maximum absolute atomic E-state index is 12.7. The number of unbranched alkanes of at least 4 members (excludes halogenated alkanes) is 23. The van der Waals surface area contributed by atoms with E-state index in [1.807, 2.05) is 0 Å². The number of rotatable bonds is 42. The first-order valence-corrected chi connectivity index (χ1v) is 23.2. The van der Waals surface area contributed by atoms with Crippen LogP contribution in [-0.4, -0.2) is 37.9 Å². The van der Waals surface area contributed by atoms with Gasteiger partial charge >= 0.3 is 11.9 Å². The van der Waals surface area contributed by atoms with Gasteiger partial charge in [0.05, 0.1) is 6.61 Å². The third-order valence-electron chi connectivity index (χ3n) is 9.81. The Morgan fingerprint density at radius 3 is 1.30 bits per heavy atom. The van der Waals surface area contributed by atoms with Crippen molar-refractivity contribution in [2.45, 2.75) is 232 Å². The topological polar surface area (TPSA) is 61.8 Å². The molecule has 0 rings (SSSR count). The van der Waals surface area contributed by atoms with Crippen LogP contribution >= 0.6 is 0 Å². The lowest BCUT2D eigenvalue weighted by Crippen LogP contribution is -2.30. The number of carbonyl (C=O) groups is 2. The average molecular weight is 757 g/mol. The summed E-state index contributed by atoms with van der Waals surface area (Å²) in [6.07, 6.45) is 53.9. The van der Waals surface area contributed by atoms with Gasteiger partial charge in [-0.25, -0.2) is 0 Å². The van der Waals surface area contributed by atoms with E-state index >= 15 is 0 Å². The summed E-state index contributed by atoms with van der Waals surface area (Å²) in [6, 6.07) is 0. The molecule has 0 bridgehead atoms. The largest absolute Gasteiger partial charge is 0.462 e. The van der Waals surface area contributed by atoms with Gasteiger partial charge in [-0.3, -0.25) is 9.59 Å². The molecule has 0 saturated heterocycles. The number of carbonyl (C=O) groups excluding carboxylic acids is 2. The second-order valence-corrected chi connectivity index (χ2v) is 15.3. The molecular formula is C49H88O5. The Morgan fingerprint density at radius 2 is 0.796 bits per heavy atom. The normalized spacial score (nSPS) is 12.6. The molecule has 0 fully saturated rings. The molecule has 0 aromatic rings. The second-order valence-electron chi connectivity index (χ2n) is 15.3. The molecule has 0 aliphatic heterocycles. The molecule has 0 aromatic carbocycles. The zero-order chi connectivity index (χ0) is 39.3. The molecule has 0 radical (unpaired) electrons. The summed E-state index contributed by atoms with van der Waals surface area (Å²) in [5, 5.41) is 0. The SMILES string of the molecule is CCCC/C=C\CCCCCCCCOCC(COC(=O)CCCCCCC/C=C\C/C=C\CCCCC)OC(=O)CCCCCCC/C=C\CCCC. The summed E-state index contributed by atoms with van der Waals surface area (Å²) in [5.74, 6) is -0.425. The average Bonchev–Trinajstić information content (AvgIpc) is 3.17. The standard InChI is InChI=1S/C49H88O5/c1-4-7-10-13-16-19-22-24-25-26-28-30-33-36-39-42-48(50)53-46-47(45-52-44-41-38-35-32-29-23-20-17-14-11-8-5-2)54-49(51)43-40-37-34-31-27-21-18-15-12-9-6-3/h14-19,24-25,47H,4-13,20-23,26-46H2,1-3H3/b17-14-,18-15-,19-16-,25-24-. The molecule has 0 saturated carbocycles. The summed E-state index contributed by atoms with van der Waals surface area (Å²) in [7, 11) is 0. The molecule has 0 aliphatic carbocycles. The zero-order valence-electron chi connectivity index (χ0n) is 36.0. The first kappa shape index (κ1) is 51.9. The van der Waals surface area contributed by atoms with Crippen molar-refractivity contribution >= 4 is 11.9 Å². The molecule has 0 amide bonds. The van der Waals surface area contributed by atoms with Crippen molar-refractivity contribution in [2.24, 2.45) is 0 Å². The number of ether oxygens (including phenoxy) is 3. The van der Waals surface area contributed by atoms with Gasteiger partial charge in [-0.2, -0.15) is 0 Å². The van der Waals surface area contributed by atoms with Crippen LogP contribution in [0.15, 0.2) is 48.6 Å². The molecule has 54 heavy (non-hydrogen) atoms. The number of allylic oxidation sites excluding steroid dienone is 8. The van der Waals surface area contributed by atoms with E-state index in [4.69, 9.17) is 14.2 Å². The maximum atomic E-state index is 12.7. The Kier molecular flexibility index (Phi) is 43.5. The highest BCUT2D eigenvalue weighted by Gasteiger charge is 2.17. The van der Waals surface area contributed by atoms with Crippen molar-refractivity contribution in [1.82, 2.24) is 0 Å². The van der Waals surface area contributed by atoms with Gasteiger partial charge in [0.25, 0.3) is 0 Å². The summed E-state index contributed by atoms with van der Waals surface area (Å²) in [6.45, 7) is 7.70. The molecule has 0 spiro atoms. The lowest BCUT2D eigenvalue weighted by atomic mass is 10.1.